The summed E-state index contributed by atoms with van der Waals surface area (Å²) in [7, 11) is 0. The molecule has 0 bridgehead atoms. The fourth-order valence-corrected chi connectivity index (χ4v) is 4.48. The van der Waals surface area contributed by atoms with Gasteiger partial charge in [-0.15, -0.1) is 24.8 Å². The molecule has 1 saturated heterocycles. The van der Waals surface area contributed by atoms with Crippen molar-refractivity contribution in [3.8, 4) is 5.75 Å². The lowest BCUT2D eigenvalue weighted by molar-refractivity contribution is 0.102. The number of hydrogen-bond donors (Lipinski definition) is 2. The molecule has 1 aliphatic heterocycles. The van der Waals surface area contributed by atoms with Crippen molar-refractivity contribution in [1.29, 1.82) is 0 Å². The molecule has 0 unspecified atom stereocenters. The highest BCUT2D eigenvalue weighted by molar-refractivity contribution is 6.05. The zero-order valence-corrected chi connectivity index (χ0v) is 19.4. The molecule has 1 saturated carbocycles. The van der Waals surface area contributed by atoms with Crippen LogP contribution < -0.4 is 15.8 Å². The number of benzene rings is 2. The van der Waals surface area contributed by atoms with E-state index in [0.29, 0.717) is 16.9 Å². The van der Waals surface area contributed by atoms with Gasteiger partial charge in [0.1, 0.15) is 11.9 Å². The molecule has 5 nitrogen and oxygen atoms in total. The highest BCUT2D eigenvalue weighted by Crippen LogP contribution is 2.27. The Morgan fingerprint density at radius 3 is 2.42 bits per heavy atom. The molecule has 1 amide bonds. The van der Waals surface area contributed by atoms with Crippen LogP contribution in [0.25, 0.3) is 0 Å². The number of halogens is 2. The summed E-state index contributed by atoms with van der Waals surface area (Å²) in [5.41, 5.74) is 7.66. The minimum Gasteiger partial charge on any atom is -0.489 e. The summed E-state index contributed by atoms with van der Waals surface area (Å²) in [4.78, 5) is 15.0. The predicted octanol–water partition coefficient (Wildman–Crippen LogP) is 5.40. The van der Waals surface area contributed by atoms with Gasteiger partial charge in [0.15, 0.2) is 0 Å². The number of carbonyl (C=O) groups is 1. The van der Waals surface area contributed by atoms with E-state index in [2.05, 4.69) is 10.2 Å². The van der Waals surface area contributed by atoms with Crippen LogP contribution in [0.2, 0.25) is 0 Å². The first-order valence-corrected chi connectivity index (χ1v) is 10.8. The number of amides is 1. The zero-order chi connectivity index (χ0) is 20.1. The molecular formula is C24H33Cl2N3O2. The largest absolute Gasteiger partial charge is 0.489 e. The standard InChI is InChI=1S/C24H31N3O2.2ClH/c25-22-8-4-5-9-23(22)26-24(28)19-10-12-20(13-11-19)29-21-14-15-27(17-21)16-18-6-2-1-3-7-18;;/h4-5,8-13,18,21H,1-3,6-7,14-17,25H2,(H,26,28);2*1H/t21-;;/m1../s1. The highest BCUT2D eigenvalue weighted by Gasteiger charge is 2.26. The van der Waals surface area contributed by atoms with Crippen LogP contribution in [0.4, 0.5) is 11.4 Å². The lowest BCUT2D eigenvalue weighted by Crippen LogP contribution is -2.30. The summed E-state index contributed by atoms with van der Waals surface area (Å²) in [6.45, 7) is 3.35. The van der Waals surface area contributed by atoms with Crippen LogP contribution >= 0.6 is 24.8 Å². The first-order valence-electron chi connectivity index (χ1n) is 10.8. The number of anilines is 2. The van der Waals surface area contributed by atoms with Crippen LogP contribution in [-0.4, -0.2) is 36.5 Å². The van der Waals surface area contributed by atoms with Crippen LogP contribution in [0.15, 0.2) is 48.5 Å². The number of nitrogens with one attached hydrogen (secondary N) is 1. The van der Waals surface area contributed by atoms with Crippen molar-refractivity contribution < 1.29 is 9.53 Å². The third-order valence-electron chi connectivity index (χ3n) is 6.10. The second kappa shape index (κ2) is 12.2. The van der Waals surface area contributed by atoms with E-state index in [1.807, 2.05) is 24.3 Å². The third kappa shape index (κ3) is 7.03. The Morgan fingerprint density at radius 1 is 1.00 bits per heavy atom. The third-order valence-corrected chi connectivity index (χ3v) is 6.10. The average molecular weight is 466 g/mol. The Balaban J connectivity index is 0.00000171. The van der Waals surface area contributed by atoms with E-state index < -0.39 is 0 Å². The summed E-state index contributed by atoms with van der Waals surface area (Å²) < 4.78 is 6.17. The Kier molecular flexibility index (Phi) is 9.94. The summed E-state index contributed by atoms with van der Waals surface area (Å²) >= 11 is 0. The maximum absolute atomic E-state index is 12.4. The summed E-state index contributed by atoms with van der Waals surface area (Å²) in [6.07, 6.45) is 8.30. The van der Waals surface area contributed by atoms with Gasteiger partial charge in [0.05, 0.1) is 11.4 Å². The first-order chi connectivity index (χ1) is 14.2. The van der Waals surface area contributed by atoms with Crippen LogP contribution in [0.3, 0.4) is 0 Å². The number of hydrogen-bond acceptors (Lipinski definition) is 4. The molecule has 7 heteroatoms. The van der Waals surface area contributed by atoms with Gasteiger partial charge in [-0.1, -0.05) is 31.4 Å². The fraction of sp³-hybridized carbons (Fsp3) is 0.458. The van der Waals surface area contributed by atoms with Crippen molar-refractivity contribution in [2.24, 2.45) is 5.92 Å². The number of para-hydroxylation sites is 2. The summed E-state index contributed by atoms with van der Waals surface area (Å²) in [5, 5.41) is 2.85. The van der Waals surface area contributed by atoms with Gasteiger partial charge in [0.2, 0.25) is 0 Å². The van der Waals surface area contributed by atoms with Gasteiger partial charge in [-0.25, -0.2) is 0 Å². The molecular weight excluding hydrogens is 433 g/mol. The number of nitrogen functional groups attached to an aromatic ring is 1. The average Bonchev–Trinajstić information content (AvgIpc) is 3.17. The maximum atomic E-state index is 12.4. The lowest BCUT2D eigenvalue weighted by atomic mass is 9.89. The molecule has 1 aliphatic carbocycles. The normalized spacial score (nSPS) is 19.2. The van der Waals surface area contributed by atoms with Gasteiger partial charge in [0.25, 0.3) is 5.91 Å². The first kappa shape index (κ1) is 25.3. The Morgan fingerprint density at radius 2 is 1.71 bits per heavy atom. The lowest BCUT2D eigenvalue weighted by Gasteiger charge is -2.26. The van der Waals surface area contributed by atoms with Gasteiger partial charge in [-0.05, 0) is 61.6 Å². The number of rotatable bonds is 6. The highest BCUT2D eigenvalue weighted by atomic mass is 35.5. The molecule has 4 rings (SSSR count). The van der Waals surface area contributed by atoms with Crippen molar-refractivity contribution in [3.63, 3.8) is 0 Å². The topological polar surface area (TPSA) is 67.6 Å². The Bertz CT molecular complexity index is 826. The summed E-state index contributed by atoms with van der Waals surface area (Å²) in [5.74, 6) is 1.53. The van der Waals surface area contributed by atoms with E-state index >= 15 is 0 Å². The van der Waals surface area contributed by atoms with Crippen LogP contribution in [0.5, 0.6) is 5.75 Å². The molecule has 2 fully saturated rings. The number of nitrogens with two attached hydrogens (primary N) is 1. The van der Waals surface area contributed by atoms with Crippen molar-refractivity contribution in [1.82, 2.24) is 4.90 Å². The van der Waals surface area contributed by atoms with Gasteiger partial charge in [0, 0.05) is 25.2 Å². The molecule has 0 radical (unpaired) electrons. The van der Waals surface area contributed by atoms with Crippen LogP contribution in [0.1, 0.15) is 48.9 Å². The van der Waals surface area contributed by atoms with Crippen molar-refractivity contribution in [2.45, 2.75) is 44.6 Å². The van der Waals surface area contributed by atoms with Gasteiger partial charge in [-0.3, -0.25) is 9.69 Å². The summed E-state index contributed by atoms with van der Waals surface area (Å²) in [6, 6.07) is 14.6. The van der Waals surface area contributed by atoms with Gasteiger partial charge in [-0.2, -0.15) is 0 Å². The predicted molar refractivity (Wildman–Crippen MR) is 132 cm³/mol. The Labute approximate surface area is 197 Å². The van der Waals surface area contributed by atoms with Crippen molar-refractivity contribution >= 4 is 42.1 Å². The minimum atomic E-state index is -0.172. The number of likely N-dealkylation sites (tertiary alicyclic amines) is 1. The molecule has 2 aromatic carbocycles. The molecule has 2 aromatic rings. The zero-order valence-electron chi connectivity index (χ0n) is 17.8. The van der Waals surface area contributed by atoms with Crippen molar-refractivity contribution in [2.75, 3.05) is 30.7 Å². The molecule has 3 N–H and O–H groups in total. The van der Waals surface area contributed by atoms with Gasteiger partial charge >= 0.3 is 0 Å². The number of ether oxygens (including phenoxy) is 1. The SMILES string of the molecule is Cl.Cl.Nc1ccccc1NC(=O)c1ccc(O[C@@H]2CCN(CC3CCCCC3)C2)cc1. The molecule has 1 heterocycles. The van der Waals surface area contributed by atoms with Crippen LogP contribution in [-0.2, 0) is 0 Å². The molecule has 1 atom stereocenters. The second-order valence-electron chi connectivity index (χ2n) is 8.36. The van der Waals surface area contributed by atoms with Crippen LogP contribution in [0, 0.1) is 5.92 Å². The molecule has 0 spiro atoms. The quantitative estimate of drug-likeness (QED) is 0.560. The molecule has 170 valence electrons. The Hall–Kier alpha value is -1.95. The molecule has 31 heavy (non-hydrogen) atoms. The molecule has 0 aromatic heterocycles. The molecule has 2 aliphatic rings. The fourth-order valence-electron chi connectivity index (χ4n) is 4.48. The van der Waals surface area contributed by atoms with E-state index in [4.69, 9.17) is 10.5 Å². The van der Waals surface area contributed by atoms with E-state index in [0.717, 1.165) is 31.2 Å². The van der Waals surface area contributed by atoms with E-state index in [1.165, 1.54) is 38.6 Å². The van der Waals surface area contributed by atoms with Crippen molar-refractivity contribution in [3.05, 3.63) is 54.1 Å². The number of nitrogens with zero attached hydrogens (tertiary/aromatic N) is 1. The van der Waals surface area contributed by atoms with E-state index in [-0.39, 0.29) is 36.8 Å². The minimum absolute atomic E-state index is 0. The maximum Gasteiger partial charge on any atom is 0.255 e. The van der Waals surface area contributed by atoms with E-state index in [9.17, 15) is 4.79 Å². The number of carbonyl (C=O) groups excluding carboxylic acids is 1. The van der Waals surface area contributed by atoms with Gasteiger partial charge < -0.3 is 15.8 Å². The second-order valence-corrected chi connectivity index (χ2v) is 8.36. The monoisotopic (exact) mass is 465 g/mol. The smallest absolute Gasteiger partial charge is 0.255 e. The van der Waals surface area contributed by atoms with E-state index in [1.54, 1.807) is 24.3 Å².